The van der Waals surface area contributed by atoms with Crippen molar-refractivity contribution in [3.05, 3.63) is 60.1 Å². The van der Waals surface area contributed by atoms with Crippen LogP contribution in [-0.2, 0) is 0 Å². The molecule has 0 saturated heterocycles. The molecule has 1 N–H and O–H groups in total. The Balaban J connectivity index is 0.00000144. The van der Waals surface area contributed by atoms with Gasteiger partial charge in [0.15, 0.2) is 11.6 Å². The van der Waals surface area contributed by atoms with Gasteiger partial charge in [0, 0.05) is 17.5 Å². The molecule has 1 aromatic heterocycles. The topological polar surface area (TPSA) is 37.5 Å². The van der Waals surface area contributed by atoms with Gasteiger partial charge in [-0.1, -0.05) is 30.3 Å². The van der Waals surface area contributed by atoms with E-state index in [1.807, 2.05) is 30.3 Å². The highest BCUT2D eigenvalue weighted by atomic mass is 35.5. The summed E-state index contributed by atoms with van der Waals surface area (Å²) in [6.45, 7) is 1.60. The summed E-state index contributed by atoms with van der Waals surface area (Å²) in [5.74, 6) is 1.26. The molecule has 1 aliphatic rings. The van der Waals surface area contributed by atoms with Gasteiger partial charge in [-0.2, -0.15) is 0 Å². The summed E-state index contributed by atoms with van der Waals surface area (Å²) in [6.07, 6.45) is 0. The first-order valence-corrected chi connectivity index (χ1v) is 6.88. The Hall–Kier alpha value is -2.33. The molecule has 0 unspecified atom stereocenters. The van der Waals surface area contributed by atoms with Crippen LogP contribution in [-0.4, -0.2) is 18.9 Å². The van der Waals surface area contributed by atoms with E-state index in [4.69, 9.17) is 4.42 Å². The summed E-state index contributed by atoms with van der Waals surface area (Å²) in [7, 11) is 0. The van der Waals surface area contributed by atoms with Gasteiger partial charge in [-0.3, -0.25) is 4.99 Å². The van der Waals surface area contributed by atoms with E-state index in [9.17, 15) is 4.39 Å². The summed E-state index contributed by atoms with van der Waals surface area (Å²) in [6, 6.07) is 14.4. The molecule has 3 aromatic rings. The van der Waals surface area contributed by atoms with Crippen molar-refractivity contribution in [2.45, 2.75) is 0 Å². The van der Waals surface area contributed by atoms with Crippen LogP contribution in [0.5, 0.6) is 0 Å². The zero-order valence-corrected chi connectivity index (χ0v) is 12.5. The van der Waals surface area contributed by atoms with Crippen LogP contribution >= 0.6 is 12.4 Å². The third-order valence-electron chi connectivity index (χ3n) is 3.59. The largest absolute Gasteiger partial charge is 0.452 e. The minimum absolute atomic E-state index is 0. The van der Waals surface area contributed by atoms with Gasteiger partial charge in [-0.05, 0) is 23.8 Å². The summed E-state index contributed by atoms with van der Waals surface area (Å²) < 4.78 is 19.4. The lowest BCUT2D eigenvalue weighted by molar-refractivity contribution is 0.602. The fourth-order valence-corrected chi connectivity index (χ4v) is 2.63. The van der Waals surface area contributed by atoms with Gasteiger partial charge in [-0.25, -0.2) is 4.39 Å². The van der Waals surface area contributed by atoms with Gasteiger partial charge in [-0.15, -0.1) is 12.4 Å². The van der Waals surface area contributed by atoms with E-state index in [1.54, 1.807) is 6.07 Å². The highest BCUT2D eigenvalue weighted by molar-refractivity contribution is 6.03. The van der Waals surface area contributed by atoms with Crippen LogP contribution in [0.25, 0.3) is 22.1 Å². The monoisotopic (exact) mass is 316 g/mol. The van der Waals surface area contributed by atoms with Crippen molar-refractivity contribution in [2.24, 2.45) is 4.99 Å². The molecule has 0 bridgehead atoms. The number of benzene rings is 2. The van der Waals surface area contributed by atoms with Gasteiger partial charge < -0.3 is 9.73 Å². The molecular weight excluding hydrogens is 303 g/mol. The number of amidine groups is 1. The summed E-state index contributed by atoms with van der Waals surface area (Å²) in [5.41, 5.74) is 2.45. The van der Waals surface area contributed by atoms with Crippen LogP contribution in [0.4, 0.5) is 4.39 Å². The summed E-state index contributed by atoms with van der Waals surface area (Å²) in [4.78, 5) is 4.37. The molecule has 0 amide bonds. The normalized spacial score (nSPS) is 13.6. The van der Waals surface area contributed by atoms with Crippen molar-refractivity contribution in [1.82, 2.24) is 5.32 Å². The molecule has 22 heavy (non-hydrogen) atoms. The van der Waals surface area contributed by atoms with Crippen molar-refractivity contribution in [3.63, 3.8) is 0 Å². The van der Waals surface area contributed by atoms with Crippen molar-refractivity contribution < 1.29 is 8.81 Å². The number of rotatable bonds is 2. The molecule has 0 spiro atoms. The van der Waals surface area contributed by atoms with Gasteiger partial charge >= 0.3 is 0 Å². The standard InChI is InChI=1S/C17H13FN2O.ClH/c18-13-5-1-3-11(9-13)14-6-2-4-12-10-15(21-16(12)14)17-19-7-8-20-17;/h1-6,9-10H,7-8H2,(H,19,20);1H. The molecule has 112 valence electrons. The van der Waals surface area contributed by atoms with Crippen molar-refractivity contribution in [1.29, 1.82) is 0 Å². The molecule has 2 heterocycles. The first-order valence-electron chi connectivity index (χ1n) is 6.88. The molecule has 0 atom stereocenters. The van der Waals surface area contributed by atoms with Gasteiger partial charge in [0.2, 0.25) is 0 Å². The molecule has 1 aliphatic heterocycles. The zero-order valence-electron chi connectivity index (χ0n) is 11.7. The van der Waals surface area contributed by atoms with Gasteiger partial charge in [0.05, 0.1) is 6.54 Å². The molecule has 5 heteroatoms. The number of para-hydroxylation sites is 1. The molecule has 0 aliphatic carbocycles. The van der Waals surface area contributed by atoms with E-state index in [-0.39, 0.29) is 18.2 Å². The molecule has 3 nitrogen and oxygen atoms in total. The highest BCUT2D eigenvalue weighted by Gasteiger charge is 2.15. The number of fused-ring (bicyclic) bond motifs is 1. The van der Waals surface area contributed by atoms with Crippen LogP contribution < -0.4 is 5.32 Å². The minimum Gasteiger partial charge on any atom is -0.452 e. The van der Waals surface area contributed by atoms with Crippen LogP contribution in [0.3, 0.4) is 0 Å². The summed E-state index contributed by atoms with van der Waals surface area (Å²) >= 11 is 0. The number of nitrogens with zero attached hydrogens (tertiary/aromatic N) is 1. The molecular formula is C17H14ClFN2O. The second-order valence-corrected chi connectivity index (χ2v) is 5.00. The number of furan rings is 1. The fraction of sp³-hybridized carbons (Fsp3) is 0.118. The van der Waals surface area contributed by atoms with Crippen molar-refractivity contribution >= 4 is 29.2 Å². The van der Waals surface area contributed by atoms with E-state index in [0.717, 1.165) is 46.8 Å². The first kappa shape index (κ1) is 14.6. The van der Waals surface area contributed by atoms with E-state index in [1.165, 1.54) is 12.1 Å². The average Bonchev–Trinajstić information content (AvgIpc) is 3.15. The van der Waals surface area contributed by atoms with E-state index in [2.05, 4.69) is 10.3 Å². The lowest BCUT2D eigenvalue weighted by atomic mass is 10.0. The molecule has 0 saturated carbocycles. The van der Waals surface area contributed by atoms with E-state index >= 15 is 0 Å². The van der Waals surface area contributed by atoms with Crippen LogP contribution in [0.2, 0.25) is 0 Å². The molecule has 0 radical (unpaired) electrons. The molecule has 2 aromatic carbocycles. The quantitative estimate of drug-likeness (QED) is 0.775. The second kappa shape index (κ2) is 5.81. The number of nitrogens with one attached hydrogen (secondary N) is 1. The first-order chi connectivity index (χ1) is 10.3. The number of hydrogen-bond acceptors (Lipinski definition) is 3. The maximum Gasteiger partial charge on any atom is 0.170 e. The van der Waals surface area contributed by atoms with Crippen LogP contribution in [0.1, 0.15) is 5.76 Å². The Morgan fingerprint density at radius 1 is 1.09 bits per heavy atom. The number of aliphatic imine (C=N–C) groups is 1. The van der Waals surface area contributed by atoms with E-state index < -0.39 is 0 Å². The molecule has 0 fully saturated rings. The lowest BCUT2D eigenvalue weighted by Gasteiger charge is -2.02. The van der Waals surface area contributed by atoms with Gasteiger partial charge in [0.1, 0.15) is 11.4 Å². The maximum atomic E-state index is 13.4. The predicted octanol–water partition coefficient (Wildman–Crippen LogP) is 4.01. The van der Waals surface area contributed by atoms with Crippen LogP contribution in [0.15, 0.2) is 57.9 Å². The smallest absolute Gasteiger partial charge is 0.170 e. The maximum absolute atomic E-state index is 13.4. The second-order valence-electron chi connectivity index (χ2n) is 5.00. The van der Waals surface area contributed by atoms with E-state index in [0.29, 0.717) is 0 Å². The Morgan fingerprint density at radius 3 is 2.73 bits per heavy atom. The minimum atomic E-state index is -0.252. The SMILES string of the molecule is Cl.Fc1cccc(-c2cccc3cc(C4=NCCN4)oc23)c1. The molecule has 4 rings (SSSR count). The Labute approximate surface area is 133 Å². The Morgan fingerprint density at radius 2 is 1.95 bits per heavy atom. The van der Waals surface area contributed by atoms with Gasteiger partial charge in [0.25, 0.3) is 0 Å². The fourth-order valence-electron chi connectivity index (χ4n) is 2.63. The summed E-state index contributed by atoms with van der Waals surface area (Å²) in [5, 5.41) is 4.19. The van der Waals surface area contributed by atoms with Crippen LogP contribution in [0, 0.1) is 5.82 Å². The van der Waals surface area contributed by atoms with Crippen molar-refractivity contribution in [2.75, 3.05) is 13.1 Å². The Kier molecular flexibility index (Phi) is 3.86. The number of hydrogen-bond donors (Lipinski definition) is 1. The zero-order chi connectivity index (χ0) is 14.2. The van der Waals surface area contributed by atoms with Crippen molar-refractivity contribution in [3.8, 4) is 11.1 Å². The highest BCUT2D eigenvalue weighted by Crippen LogP contribution is 2.31. The number of halogens is 2. The Bertz CT molecular complexity index is 857. The predicted molar refractivity (Wildman–Crippen MR) is 88.3 cm³/mol. The third-order valence-corrected chi connectivity index (χ3v) is 3.59. The average molecular weight is 317 g/mol. The lowest BCUT2D eigenvalue weighted by Crippen LogP contribution is -2.18. The third kappa shape index (κ3) is 2.46.